The van der Waals surface area contributed by atoms with Gasteiger partial charge in [0.25, 0.3) is 0 Å². The summed E-state index contributed by atoms with van der Waals surface area (Å²) in [6.45, 7) is 8.06. The minimum atomic E-state index is 0.588. The second-order valence-electron chi connectivity index (χ2n) is 3.62. The number of rotatable bonds is 7. The molecule has 0 aromatic heterocycles. The zero-order chi connectivity index (χ0) is 8.81. The molecule has 0 radical (unpaired) electrons. The standard InChI is InChI=1S/C10H20N2/c1-3-4-7-11-9(2)8-12-10-5-6-10/h3,9-12H,1,4-8H2,2H3. The predicted octanol–water partition coefficient (Wildman–Crippen LogP) is 1.29. The molecule has 2 heteroatoms. The van der Waals surface area contributed by atoms with Crippen LogP contribution in [0, 0.1) is 0 Å². The maximum atomic E-state index is 3.69. The first-order chi connectivity index (χ1) is 5.83. The van der Waals surface area contributed by atoms with Crippen molar-refractivity contribution in [2.45, 2.75) is 38.3 Å². The normalized spacial score (nSPS) is 19.1. The lowest BCUT2D eigenvalue weighted by molar-refractivity contribution is 0.505. The van der Waals surface area contributed by atoms with Crippen molar-refractivity contribution in [3.63, 3.8) is 0 Å². The maximum Gasteiger partial charge on any atom is 0.0164 e. The second kappa shape index (κ2) is 5.33. The molecule has 70 valence electrons. The molecule has 1 atom stereocenters. The highest BCUT2D eigenvalue weighted by molar-refractivity contribution is 4.82. The van der Waals surface area contributed by atoms with Crippen LogP contribution >= 0.6 is 0 Å². The van der Waals surface area contributed by atoms with Crippen LogP contribution in [-0.2, 0) is 0 Å². The summed E-state index contributed by atoms with van der Waals surface area (Å²) in [5.74, 6) is 0. The van der Waals surface area contributed by atoms with Crippen LogP contribution < -0.4 is 10.6 Å². The Bertz CT molecular complexity index is 130. The molecule has 0 aromatic rings. The van der Waals surface area contributed by atoms with E-state index in [4.69, 9.17) is 0 Å². The fourth-order valence-electron chi connectivity index (χ4n) is 1.13. The number of nitrogens with one attached hydrogen (secondary N) is 2. The quantitative estimate of drug-likeness (QED) is 0.442. The first-order valence-corrected chi connectivity index (χ1v) is 4.90. The van der Waals surface area contributed by atoms with Crippen molar-refractivity contribution >= 4 is 0 Å². The molecule has 1 unspecified atom stereocenters. The molecule has 0 spiro atoms. The average molecular weight is 168 g/mol. The summed E-state index contributed by atoms with van der Waals surface area (Å²) in [6, 6.07) is 1.42. The van der Waals surface area contributed by atoms with E-state index in [1.165, 1.54) is 12.8 Å². The molecule has 0 saturated heterocycles. The van der Waals surface area contributed by atoms with Gasteiger partial charge >= 0.3 is 0 Å². The van der Waals surface area contributed by atoms with Crippen molar-refractivity contribution in [2.75, 3.05) is 13.1 Å². The minimum absolute atomic E-state index is 0.588. The average Bonchev–Trinajstić information content (AvgIpc) is 2.84. The van der Waals surface area contributed by atoms with Crippen molar-refractivity contribution in [3.05, 3.63) is 12.7 Å². The molecule has 1 aliphatic rings. The highest BCUT2D eigenvalue weighted by Crippen LogP contribution is 2.18. The van der Waals surface area contributed by atoms with Crippen molar-refractivity contribution in [1.29, 1.82) is 0 Å². The van der Waals surface area contributed by atoms with E-state index in [2.05, 4.69) is 24.1 Å². The third kappa shape index (κ3) is 4.52. The summed E-state index contributed by atoms with van der Waals surface area (Å²) >= 11 is 0. The van der Waals surface area contributed by atoms with Gasteiger partial charge in [-0.25, -0.2) is 0 Å². The van der Waals surface area contributed by atoms with Gasteiger partial charge in [-0.15, -0.1) is 6.58 Å². The maximum absolute atomic E-state index is 3.69. The highest BCUT2D eigenvalue weighted by Gasteiger charge is 2.20. The Labute approximate surface area is 75.4 Å². The van der Waals surface area contributed by atoms with Gasteiger partial charge in [0.15, 0.2) is 0 Å². The monoisotopic (exact) mass is 168 g/mol. The molecule has 0 amide bonds. The summed E-state index contributed by atoms with van der Waals surface area (Å²) in [5, 5.41) is 6.93. The number of hydrogen-bond acceptors (Lipinski definition) is 2. The zero-order valence-corrected chi connectivity index (χ0v) is 7.97. The van der Waals surface area contributed by atoms with Gasteiger partial charge in [-0.1, -0.05) is 6.08 Å². The van der Waals surface area contributed by atoms with Gasteiger partial charge < -0.3 is 10.6 Å². The Morgan fingerprint density at radius 1 is 1.58 bits per heavy atom. The van der Waals surface area contributed by atoms with Crippen LogP contribution in [0.4, 0.5) is 0 Å². The van der Waals surface area contributed by atoms with E-state index < -0.39 is 0 Å². The van der Waals surface area contributed by atoms with E-state index in [1.54, 1.807) is 0 Å². The lowest BCUT2D eigenvalue weighted by Gasteiger charge is -2.13. The third-order valence-corrected chi connectivity index (χ3v) is 2.13. The molecular formula is C10H20N2. The lowest BCUT2D eigenvalue weighted by atomic mass is 10.3. The van der Waals surface area contributed by atoms with Crippen LogP contribution in [-0.4, -0.2) is 25.2 Å². The van der Waals surface area contributed by atoms with Gasteiger partial charge in [0.05, 0.1) is 0 Å². The van der Waals surface area contributed by atoms with Crippen LogP contribution in [0.5, 0.6) is 0 Å². The van der Waals surface area contributed by atoms with E-state index >= 15 is 0 Å². The summed E-state index contributed by atoms with van der Waals surface area (Å²) in [5.41, 5.74) is 0. The molecule has 2 N–H and O–H groups in total. The molecule has 1 rings (SSSR count). The Morgan fingerprint density at radius 3 is 2.92 bits per heavy atom. The van der Waals surface area contributed by atoms with Crippen molar-refractivity contribution in [2.24, 2.45) is 0 Å². The smallest absolute Gasteiger partial charge is 0.0164 e. The van der Waals surface area contributed by atoms with Gasteiger partial charge in [0, 0.05) is 18.6 Å². The van der Waals surface area contributed by atoms with Crippen molar-refractivity contribution in [1.82, 2.24) is 10.6 Å². The van der Waals surface area contributed by atoms with Gasteiger partial charge in [0.2, 0.25) is 0 Å². The highest BCUT2D eigenvalue weighted by atomic mass is 15.0. The summed E-state index contributed by atoms with van der Waals surface area (Å²) in [6.07, 6.45) is 5.76. The molecule has 1 saturated carbocycles. The fraction of sp³-hybridized carbons (Fsp3) is 0.800. The van der Waals surface area contributed by atoms with Gasteiger partial charge in [-0.2, -0.15) is 0 Å². The SMILES string of the molecule is C=CCCNC(C)CNC1CC1. The van der Waals surface area contributed by atoms with E-state index in [9.17, 15) is 0 Å². The lowest BCUT2D eigenvalue weighted by Crippen LogP contribution is -2.37. The molecule has 0 bridgehead atoms. The van der Waals surface area contributed by atoms with Crippen LogP contribution in [0.3, 0.4) is 0 Å². The molecule has 1 aliphatic carbocycles. The van der Waals surface area contributed by atoms with E-state index in [-0.39, 0.29) is 0 Å². The zero-order valence-electron chi connectivity index (χ0n) is 7.97. The molecule has 2 nitrogen and oxygen atoms in total. The van der Waals surface area contributed by atoms with Crippen LogP contribution in [0.25, 0.3) is 0 Å². The molecule has 0 aliphatic heterocycles. The van der Waals surface area contributed by atoms with Crippen molar-refractivity contribution < 1.29 is 0 Å². The summed E-state index contributed by atoms with van der Waals surface area (Å²) < 4.78 is 0. The topological polar surface area (TPSA) is 24.1 Å². The molecule has 1 fully saturated rings. The summed E-state index contributed by atoms with van der Waals surface area (Å²) in [7, 11) is 0. The van der Waals surface area contributed by atoms with Gasteiger partial charge in [-0.05, 0) is 32.7 Å². The van der Waals surface area contributed by atoms with Crippen LogP contribution in [0.15, 0.2) is 12.7 Å². The van der Waals surface area contributed by atoms with E-state index in [0.29, 0.717) is 6.04 Å². The Balaban J connectivity index is 1.87. The van der Waals surface area contributed by atoms with Gasteiger partial charge in [-0.3, -0.25) is 0 Å². The Kier molecular flexibility index (Phi) is 4.33. The Morgan fingerprint density at radius 2 is 2.33 bits per heavy atom. The third-order valence-electron chi connectivity index (χ3n) is 2.13. The largest absolute Gasteiger partial charge is 0.313 e. The molecule has 0 aromatic carbocycles. The summed E-state index contributed by atoms with van der Waals surface area (Å²) in [4.78, 5) is 0. The second-order valence-corrected chi connectivity index (χ2v) is 3.62. The van der Waals surface area contributed by atoms with E-state index in [0.717, 1.165) is 25.6 Å². The van der Waals surface area contributed by atoms with Gasteiger partial charge in [0.1, 0.15) is 0 Å². The molecule has 12 heavy (non-hydrogen) atoms. The fourth-order valence-corrected chi connectivity index (χ4v) is 1.13. The molecular weight excluding hydrogens is 148 g/mol. The molecule has 0 heterocycles. The minimum Gasteiger partial charge on any atom is -0.313 e. The van der Waals surface area contributed by atoms with Crippen LogP contribution in [0.2, 0.25) is 0 Å². The predicted molar refractivity (Wildman–Crippen MR) is 53.3 cm³/mol. The van der Waals surface area contributed by atoms with E-state index in [1.807, 2.05) is 6.08 Å². The first-order valence-electron chi connectivity index (χ1n) is 4.90. The van der Waals surface area contributed by atoms with Crippen LogP contribution in [0.1, 0.15) is 26.2 Å². The van der Waals surface area contributed by atoms with Crippen molar-refractivity contribution in [3.8, 4) is 0 Å². The first kappa shape index (κ1) is 9.75. The number of hydrogen-bond donors (Lipinski definition) is 2. The Hall–Kier alpha value is -0.340.